The fourth-order valence-electron chi connectivity index (χ4n) is 3.59. The van der Waals surface area contributed by atoms with Gasteiger partial charge in [-0.15, -0.1) is 0 Å². The predicted molar refractivity (Wildman–Crippen MR) is 118 cm³/mol. The normalized spacial score (nSPS) is 18.2. The van der Waals surface area contributed by atoms with Crippen LogP contribution in [-0.2, 0) is 13.2 Å². The number of aromatic carboxylic acids is 1. The van der Waals surface area contributed by atoms with E-state index in [-0.39, 0.29) is 12.0 Å². The van der Waals surface area contributed by atoms with Crippen LogP contribution in [0.4, 0.5) is 22.0 Å². The Labute approximate surface area is 202 Å². The standard InChI is InChI=1S/C24H22F5N3O4/c1-4-16(13-7-9-14(10-8-13)23(34)35)30-21(33)18-19(24(27,28)29)31-32(3)22(18)36-17-11-15(20(25)26)6-5-12(17)2/h7-12,16-17,20H,4H2,1-3H3,(H,30,33)(H,34,35)/t12?,16-,17?/m0/s1. The monoisotopic (exact) mass is 511 g/mol. The molecule has 2 unspecified atom stereocenters. The number of aromatic nitrogens is 2. The molecule has 0 radical (unpaired) electrons. The summed E-state index contributed by atoms with van der Waals surface area (Å²) in [5, 5.41) is 15.0. The van der Waals surface area contributed by atoms with Crippen molar-refractivity contribution in [3.63, 3.8) is 0 Å². The van der Waals surface area contributed by atoms with E-state index in [1.807, 2.05) is 0 Å². The van der Waals surface area contributed by atoms with Crippen LogP contribution in [0.15, 0.2) is 35.9 Å². The van der Waals surface area contributed by atoms with Gasteiger partial charge in [0, 0.05) is 7.05 Å². The number of carbonyl (C=O) groups excluding carboxylic acids is 1. The van der Waals surface area contributed by atoms with Gasteiger partial charge in [-0.05, 0) is 37.1 Å². The van der Waals surface area contributed by atoms with Crippen molar-refractivity contribution in [3.8, 4) is 17.7 Å². The second-order valence-electron chi connectivity index (χ2n) is 8.07. The number of hydrogen-bond acceptors (Lipinski definition) is 4. The molecule has 0 bridgehead atoms. The highest BCUT2D eigenvalue weighted by Gasteiger charge is 2.43. The summed E-state index contributed by atoms with van der Waals surface area (Å²) >= 11 is 0. The van der Waals surface area contributed by atoms with Gasteiger partial charge >= 0.3 is 12.1 Å². The number of ether oxygens (including phenoxy) is 1. The summed E-state index contributed by atoms with van der Waals surface area (Å²) in [5.41, 5.74) is -2.46. The smallest absolute Gasteiger partial charge is 0.436 e. The average Bonchev–Trinajstić information content (AvgIpc) is 3.15. The Hall–Kier alpha value is -3.88. The Balaban J connectivity index is 1.98. The number of rotatable bonds is 8. The molecular weight excluding hydrogens is 489 g/mol. The van der Waals surface area contributed by atoms with Crippen LogP contribution in [0, 0.1) is 17.8 Å². The number of alkyl halides is 5. The number of halogens is 5. The van der Waals surface area contributed by atoms with Gasteiger partial charge in [-0.25, -0.2) is 18.3 Å². The quantitative estimate of drug-likeness (QED) is 0.399. The molecule has 3 atom stereocenters. The number of benzene rings is 1. The number of nitrogens with zero attached hydrogens (tertiary/aromatic N) is 2. The molecule has 3 rings (SSSR count). The molecule has 12 heteroatoms. The molecule has 36 heavy (non-hydrogen) atoms. The Morgan fingerprint density at radius 1 is 1.25 bits per heavy atom. The van der Waals surface area contributed by atoms with Crippen molar-refractivity contribution in [1.29, 1.82) is 0 Å². The summed E-state index contributed by atoms with van der Waals surface area (Å²) in [5.74, 6) is 1.33. The van der Waals surface area contributed by atoms with Crippen LogP contribution in [0.3, 0.4) is 0 Å². The Morgan fingerprint density at radius 3 is 2.42 bits per heavy atom. The van der Waals surface area contributed by atoms with E-state index in [2.05, 4.69) is 22.3 Å². The maximum absolute atomic E-state index is 13.8. The maximum Gasteiger partial charge on any atom is 0.436 e. The lowest BCUT2D eigenvalue weighted by Gasteiger charge is -2.23. The fourth-order valence-corrected chi connectivity index (χ4v) is 3.59. The molecule has 2 N–H and O–H groups in total. The highest BCUT2D eigenvalue weighted by atomic mass is 19.4. The molecule has 1 heterocycles. The molecule has 1 aliphatic rings. The number of amides is 1. The Bertz CT molecular complexity index is 1240. The largest absolute Gasteiger partial charge is 0.478 e. The molecule has 7 nitrogen and oxygen atoms in total. The minimum absolute atomic E-state index is 0.00292. The van der Waals surface area contributed by atoms with Crippen molar-refractivity contribution < 1.29 is 41.4 Å². The van der Waals surface area contributed by atoms with E-state index >= 15 is 0 Å². The molecule has 1 aromatic heterocycles. The molecule has 192 valence electrons. The van der Waals surface area contributed by atoms with Crippen molar-refractivity contribution in [3.05, 3.63) is 58.3 Å². The average molecular weight is 511 g/mol. The zero-order valence-corrected chi connectivity index (χ0v) is 19.4. The van der Waals surface area contributed by atoms with E-state index in [1.165, 1.54) is 24.3 Å². The topological polar surface area (TPSA) is 93.5 Å². The zero-order valence-electron chi connectivity index (χ0n) is 19.4. The van der Waals surface area contributed by atoms with Crippen LogP contribution >= 0.6 is 0 Å². The molecule has 0 aliphatic heterocycles. The molecule has 0 saturated heterocycles. The molecule has 0 spiro atoms. The second-order valence-corrected chi connectivity index (χ2v) is 8.07. The van der Waals surface area contributed by atoms with Crippen molar-refractivity contribution in [1.82, 2.24) is 15.1 Å². The van der Waals surface area contributed by atoms with Crippen LogP contribution in [0.2, 0.25) is 0 Å². The van der Waals surface area contributed by atoms with E-state index in [9.17, 15) is 31.5 Å². The Morgan fingerprint density at radius 2 is 1.89 bits per heavy atom. The van der Waals surface area contributed by atoms with Crippen LogP contribution < -0.4 is 10.1 Å². The molecule has 1 aliphatic carbocycles. The first-order chi connectivity index (χ1) is 16.8. The van der Waals surface area contributed by atoms with Gasteiger partial charge in [-0.3, -0.25) is 4.79 Å². The number of allylic oxidation sites excluding steroid dienone is 1. The third-order valence-corrected chi connectivity index (χ3v) is 5.53. The molecule has 2 aromatic rings. The van der Waals surface area contributed by atoms with E-state index < -0.39 is 65.3 Å². The lowest BCUT2D eigenvalue weighted by molar-refractivity contribution is -0.141. The van der Waals surface area contributed by atoms with E-state index in [0.717, 1.165) is 17.8 Å². The van der Waals surface area contributed by atoms with Gasteiger partial charge < -0.3 is 15.2 Å². The van der Waals surface area contributed by atoms with E-state index in [0.29, 0.717) is 5.56 Å². The van der Waals surface area contributed by atoms with Crippen molar-refractivity contribution in [2.45, 2.75) is 45.0 Å². The first kappa shape index (κ1) is 26.7. The summed E-state index contributed by atoms with van der Waals surface area (Å²) < 4.78 is 74.0. The number of hydrogen-bond donors (Lipinski definition) is 2. The van der Waals surface area contributed by atoms with Crippen LogP contribution in [0.5, 0.6) is 5.88 Å². The highest BCUT2D eigenvalue weighted by Crippen LogP contribution is 2.37. The SMILES string of the molecule is CC[C@H](NC(=O)c1c(C(F)(F)F)nn(C)c1OC1C=C(C(F)F)C#CC1C)c1ccc(C(=O)O)cc1. The molecule has 0 fully saturated rings. The summed E-state index contributed by atoms with van der Waals surface area (Å²) in [4.78, 5) is 24.2. The third-order valence-electron chi connectivity index (χ3n) is 5.53. The van der Waals surface area contributed by atoms with Crippen LogP contribution in [-0.4, -0.2) is 39.3 Å². The van der Waals surface area contributed by atoms with Gasteiger partial charge in [-0.2, -0.15) is 18.3 Å². The fraction of sp³-hybridized carbons (Fsp3) is 0.375. The van der Waals surface area contributed by atoms with E-state index in [1.54, 1.807) is 13.8 Å². The molecule has 1 aromatic carbocycles. The lowest BCUT2D eigenvalue weighted by Crippen LogP contribution is -2.31. The first-order valence-electron chi connectivity index (χ1n) is 10.8. The summed E-state index contributed by atoms with van der Waals surface area (Å²) in [7, 11) is 1.14. The molecular formula is C24H22F5N3O4. The van der Waals surface area contributed by atoms with E-state index in [4.69, 9.17) is 9.84 Å². The van der Waals surface area contributed by atoms with Gasteiger partial charge in [0.2, 0.25) is 5.88 Å². The number of carboxylic acids is 1. The van der Waals surface area contributed by atoms with Gasteiger partial charge in [0.25, 0.3) is 12.3 Å². The molecule has 1 amide bonds. The van der Waals surface area contributed by atoms with Crippen molar-refractivity contribution >= 4 is 11.9 Å². The first-order valence-corrected chi connectivity index (χ1v) is 10.8. The van der Waals surface area contributed by atoms with Gasteiger partial charge in [0.1, 0.15) is 11.7 Å². The van der Waals surface area contributed by atoms with Gasteiger partial charge in [0.05, 0.1) is 23.1 Å². The van der Waals surface area contributed by atoms with Gasteiger partial charge in [-0.1, -0.05) is 30.9 Å². The minimum atomic E-state index is -5.02. The van der Waals surface area contributed by atoms with Crippen molar-refractivity contribution in [2.75, 3.05) is 0 Å². The van der Waals surface area contributed by atoms with Crippen molar-refractivity contribution in [2.24, 2.45) is 13.0 Å². The number of aryl methyl sites for hydroxylation is 1. The summed E-state index contributed by atoms with van der Waals surface area (Å²) in [6.45, 7) is 3.23. The second kappa shape index (κ2) is 10.4. The summed E-state index contributed by atoms with van der Waals surface area (Å²) in [6, 6.07) is 4.75. The van der Waals surface area contributed by atoms with Crippen LogP contribution in [0.25, 0.3) is 0 Å². The Kier molecular flexibility index (Phi) is 7.71. The highest BCUT2D eigenvalue weighted by molar-refractivity contribution is 5.98. The number of nitrogens with one attached hydrogen (secondary N) is 1. The maximum atomic E-state index is 13.8. The lowest BCUT2D eigenvalue weighted by atomic mass is 9.98. The van der Waals surface area contributed by atoms with Gasteiger partial charge in [0.15, 0.2) is 5.69 Å². The third kappa shape index (κ3) is 5.67. The predicted octanol–water partition coefficient (Wildman–Crippen LogP) is 4.61. The number of carbonyl (C=O) groups is 2. The molecule has 0 saturated carbocycles. The number of carboxylic acid groups (broad SMARTS) is 1. The minimum Gasteiger partial charge on any atom is -0.478 e. The zero-order chi connectivity index (χ0) is 26.8. The van der Waals surface area contributed by atoms with Crippen LogP contribution in [0.1, 0.15) is 58.3 Å². The summed E-state index contributed by atoms with van der Waals surface area (Å²) in [6.07, 6.45) is -7.77.